The standard InChI is InChI=1S/C18H19N5O2/c1-13-7-5-6-10-15(13)16(24)11-19-17(25)12-23-21-18(20-22-23)14-8-3-2-4-9-14/h2-10,16,24H,11-12H2,1H3,(H,19,25). The van der Waals surface area contributed by atoms with Crippen LogP contribution in [0.5, 0.6) is 0 Å². The minimum atomic E-state index is -0.756. The van der Waals surface area contributed by atoms with Gasteiger partial charge in [0.25, 0.3) is 0 Å². The molecule has 0 aliphatic heterocycles. The van der Waals surface area contributed by atoms with Crippen LogP contribution in [0.1, 0.15) is 17.2 Å². The number of hydrogen-bond acceptors (Lipinski definition) is 5. The normalized spacial score (nSPS) is 11.9. The summed E-state index contributed by atoms with van der Waals surface area (Å²) in [7, 11) is 0. The Hall–Kier alpha value is -3.06. The molecule has 128 valence electrons. The maximum absolute atomic E-state index is 12.0. The van der Waals surface area contributed by atoms with E-state index in [0.29, 0.717) is 5.82 Å². The Morgan fingerprint density at radius 3 is 2.64 bits per heavy atom. The third kappa shape index (κ3) is 4.27. The number of carbonyl (C=O) groups is 1. The number of nitrogens with one attached hydrogen (secondary N) is 1. The highest BCUT2D eigenvalue weighted by molar-refractivity contribution is 5.75. The highest BCUT2D eigenvalue weighted by Gasteiger charge is 2.13. The lowest BCUT2D eigenvalue weighted by molar-refractivity contribution is -0.122. The molecule has 0 saturated carbocycles. The fraction of sp³-hybridized carbons (Fsp3) is 0.222. The molecule has 7 heteroatoms. The first-order valence-corrected chi connectivity index (χ1v) is 7.97. The lowest BCUT2D eigenvalue weighted by atomic mass is 10.0. The van der Waals surface area contributed by atoms with Crippen molar-refractivity contribution in [2.24, 2.45) is 0 Å². The molecular formula is C18H19N5O2. The van der Waals surface area contributed by atoms with Gasteiger partial charge in [-0.1, -0.05) is 54.6 Å². The smallest absolute Gasteiger partial charge is 0.243 e. The predicted molar refractivity (Wildman–Crippen MR) is 92.4 cm³/mol. The minimum Gasteiger partial charge on any atom is -0.387 e. The van der Waals surface area contributed by atoms with Gasteiger partial charge in [0.05, 0.1) is 6.10 Å². The third-order valence-corrected chi connectivity index (χ3v) is 3.81. The number of nitrogens with zero attached hydrogens (tertiary/aromatic N) is 4. The quantitative estimate of drug-likeness (QED) is 0.711. The molecule has 1 aromatic heterocycles. The molecule has 1 amide bonds. The Morgan fingerprint density at radius 2 is 1.88 bits per heavy atom. The van der Waals surface area contributed by atoms with Crippen LogP contribution in [-0.4, -0.2) is 37.8 Å². The van der Waals surface area contributed by atoms with Crippen molar-refractivity contribution in [1.82, 2.24) is 25.5 Å². The molecule has 1 unspecified atom stereocenters. The van der Waals surface area contributed by atoms with Crippen molar-refractivity contribution in [2.75, 3.05) is 6.54 Å². The lowest BCUT2D eigenvalue weighted by Gasteiger charge is -2.14. The Morgan fingerprint density at radius 1 is 1.16 bits per heavy atom. The van der Waals surface area contributed by atoms with Gasteiger partial charge in [-0.25, -0.2) is 0 Å². The number of tetrazole rings is 1. The van der Waals surface area contributed by atoms with E-state index in [2.05, 4.69) is 20.7 Å². The molecule has 7 nitrogen and oxygen atoms in total. The Balaban J connectivity index is 1.55. The first-order valence-electron chi connectivity index (χ1n) is 7.97. The average molecular weight is 337 g/mol. The van der Waals surface area contributed by atoms with Gasteiger partial charge in [0.15, 0.2) is 0 Å². The maximum Gasteiger partial charge on any atom is 0.243 e. The van der Waals surface area contributed by atoms with Crippen LogP contribution >= 0.6 is 0 Å². The van der Waals surface area contributed by atoms with Crippen molar-refractivity contribution < 1.29 is 9.90 Å². The molecule has 1 heterocycles. The third-order valence-electron chi connectivity index (χ3n) is 3.81. The fourth-order valence-electron chi connectivity index (χ4n) is 2.48. The monoisotopic (exact) mass is 337 g/mol. The van der Waals surface area contributed by atoms with E-state index >= 15 is 0 Å². The maximum atomic E-state index is 12.0. The largest absolute Gasteiger partial charge is 0.387 e. The first-order chi connectivity index (χ1) is 12.1. The Kier molecular flexibility index (Phi) is 5.15. The fourth-order valence-corrected chi connectivity index (χ4v) is 2.48. The van der Waals surface area contributed by atoms with Crippen LogP contribution in [0, 0.1) is 6.92 Å². The van der Waals surface area contributed by atoms with Gasteiger partial charge in [0, 0.05) is 12.1 Å². The zero-order valence-corrected chi connectivity index (χ0v) is 13.8. The number of carbonyl (C=O) groups excluding carboxylic acids is 1. The zero-order valence-electron chi connectivity index (χ0n) is 13.8. The summed E-state index contributed by atoms with van der Waals surface area (Å²) in [6.07, 6.45) is -0.756. The molecule has 0 bridgehead atoms. The number of aliphatic hydroxyl groups excluding tert-OH is 1. The number of aliphatic hydroxyl groups is 1. The number of rotatable bonds is 6. The van der Waals surface area contributed by atoms with Crippen LogP contribution < -0.4 is 5.32 Å². The molecule has 25 heavy (non-hydrogen) atoms. The summed E-state index contributed by atoms with van der Waals surface area (Å²) in [5, 5.41) is 24.9. The van der Waals surface area contributed by atoms with E-state index in [0.717, 1.165) is 16.7 Å². The van der Waals surface area contributed by atoms with Gasteiger partial charge in [-0.05, 0) is 23.3 Å². The summed E-state index contributed by atoms with van der Waals surface area (Å²) in [6.45, 7) is 2.00. The lowest BCUT2D eigenvalue weighted by Crippen LogP contribution is -2.32. The van der Waals surface area contributed by atoms with Gasteiger partial charge in [-0.2, -0.15) is 4.80 Å². The molecule has 3 rings (SSSR count). The minimum absolute atomic E-state index is 0.0552. The predicted octanol–water partition coefficient (Wildman–Crippen LogP) is 1.50. The van der Waals surface area contributed by atoms with Gasteiger partial charge in [-0.3, -0.25) is 4.79 Å². The van der Waals surface area contributed by atoms with E-state index in [1.165, 1.54) is 4.80 Å². The van der Waals surface area contributed by atoms with Crippen molar-refractivity contribution >= 4 is 5.91 Å². The number of aromatic nitrogens is 4. The summed E-state index contributed by atoms with van der Waals surface area (Å²) < 4.78 is 0. The van der Waals surface area contributed by atoms with Gasteiger partial charge in [0.2, 0.25) is 11.7 Å². The second-order valence-corrected chi connectivity index (χ2v) is 5.69. The molecule has 0 aliphatic rings. The molecule has 2 N–H and O–H groups in total. The molecule has 0 spiro atoms. The van der Waals surface area contributed by atoms with Crippen molar-refractivity contribution in [1.29, 1.82) is 0 Å². The van der Waals surface area contributed by atoms with Crippen LogP contribution in [0.3, 0.4) is 0 Å². The highest BCUT2D eigenvalue weighted by atomic mass is 16.3. The van der Waals surface area contributed by atoms with E-state index in [1.807, 2.05) is 61.5 Å². The van der Waals surface area contributed by atoms with Gasteiger partial charge in [0.1, 0.15) is 6.54 Å². The van der Waals surface area contributed by atoms with Crippen LogP contribution in [0.15, 0.2) is 54.6 Å². The first kappa shape index (κ1) is 16.8. The van der Waals surface area contributed by atoms with E-state index in [-0.39, 0.29) is 19.0 Å². The molecule has 3 aromatic rings. The topological polar surface area (TPSA) is 92.9 Å². The van der Waals surface area contributed by atoms with E-state index in [9.17, 15) is 9.90 Å². The van der Waals surface area contributed by atoms with Gasteiger partial charge in [-0.15, -0.1) is 10.2 Å². The molecule has 0 fully saturated rings. The Labute approximate surface area is 145 Å². The summed E-state index contributed by atoms with van der Waals surface area (Å²) in [5.74, 6) is 0.179. The van der Waals surface area contributed by atoms with Crippen LogP contribution in [0.25, 0.3) is 11.4 Å². The molecular weight excluding hydrogens is 318 g/mol. The van der Waals surface area contributed by atoms with Gasteiger partial charge < -0.3 is 10.4 Å². The highest BCUT2D eigenvalue weighted by Crippen LogP contribution is 2.16. The number of amides is 1. The van der Waals surface area contributed by atoms with E-state index in [1.54, 1.807) is 0 Å². The molecule has 0 aliphatic carbocycles. The van der Waals surface area contributed by atoms with Crippen molar-refractivity contribution in [3.63, 3.8) is 0 Å². The Bertz CT molecular complexity index is 847. The van der Waals surface area contributed by atoms with Crippen LogP contribution in [0.4, 0.5) is 0 Å². The number of aryl methyl sites for hydroxylation is 1. The SMILES string of the molecule is Cc1ccccc1C(O)CNC(=O)Cn1nnc(-c2ccccc2)n1. The number of hydrogen-bond donors (Lipinski definition) is 2. The van der Waals surface area contributed by atoms with Crippen molar-refractivity contribution in [3.8, 4) is 11.4 Å². The summed E-state index contributed by atoms with van der Waals surface area (Å²) >= 11 is 0. The van der Waals surface area contributed by atoms with Crippen LogP contribution in [-0.2, 0) is 11.3 Å². The second kappa shape index (κ2) is 7.67. The van der Waals surface area contributed by atoms with Crippen molar-refractivity contribution in [3.05, 3.63) is 65.7 Å². The van der Waals surface area contributed by atoms with Crippen molar-refractivity contribution in [2.45, 2.75) is 19.6 Å². The molecule has 1 atom stereocenters. The summed E-state index contributed by atoms with van der Waals surface area (Å²) in [6, 6.07) is 17.0. The summed E-state index contributed by atoms with van der Waals surface area (Å²) in [4.78, 5) is 13.3. The summed E-state index contributed by atoms with van der Waals surface area (Å²) in [5.41, 5.74) is 2.62. The zero-order chi connectivity index (χ0) is 17.6. The average Bonchev–Trinajstić information content (AvgIpc) is 3.09. The second-order valence-electron chi connectivity index (χ2n) is 5.69. The van der Waals surface area contributed by atoms with Crippen LogP contribution in [0.2, 0.25) is 0 Å². The van der Waals surface area contributed by atoms with E-state index < -0.39 is 6.10 Å². The van der Waals surface area contributed by atoms with Gasteiger partial charge >= 0.3 is 0 Å². The number of benzene rings is 2. The molecule has 2 aromatic carbocycles. The molecule has 0 saturated heterocycles. The van der Waals surface area contributed by atoms with E-state index in [4.69, 9.17) is 0 Å². The molecule has 0 radical (unpaired) electrons.